The van der Waals surface area contributed by atoms with Gasteiger partial charge in [-0.15, -0.1) is 0 Å². The maximum Gasteiger partial charge on any atom is 0.243 e. The van der Waals surface area contributed by atoms with Crippen LogP contribution in [0.3, 0.4) is 0 Å². The van der Waals surface area contributed by atoms with Crippen molar-refractivity contribution in [3.05, 3.63) is 29.8 Å². The molecule has 26 heavy (non-hydrogen) atoms. The molecule has 1 aliphatic rings. The highest BCUT2D eigenvalue weighted by atomic mass is 32.2. The van der Waals surface area contributed by atoms with Crippen LogP contribution in [0.25, 0.3) is 0 Å². The molecule has 0 spiro atoms. The van der Waals surface area contributed by atoms with Gasteiger partial charge in [-0.3, -0.25) is 4.79 Å². The lowest BCUT2D eigenvalue weighted by Gasteiger charge is -2.35. The fourth-order valence-corrected chi connectivity index (χ4v) is 5.27. The van der Waals surface area contributed by atoms with E-state index in [-0.39, 0.29) is 5.91 Å². The minimum Gasteiger partial charge on any atom is -0.342 e. The van der Waals surface area contributed by atoms with Crippen molar-refractivity contribution in [3.63, 3.8) is 0 Å². The lowest BCUT2D eigenvalue weighted by Crippen LogP contribution is -2.42. The number of hydrogen-bond acceptors (Lipinski definition) is 3. The summed E-state index contributed by atoms with van der Waals surface area (Å²) in [6.07, 6.45) is 2.30. The Hall–Kier alpha value is -1.40. The number of likely N-dealkylation sites (tertiary alicyclic amines) is 1. The number of nitrogens with zero attached hydrogens (tertiary/aromatic N) is 2. The van der Waals surface area contributed by atoms with Crippen LogP contribution in [0.1, 0.15) is 46.1 Å². The molecule has 6 heteroatoms. The smallest absolute Gasteiger partial charge is 0.243 e. The molecule has 1 aliphatic heterocycles. The first-order valence-corrected chi connectivity index (χ1v) is 11.1. The molecule has 2 atom stereocenters. The summed E-state index contributed by atoms with van der Waals surface area (Å²) in [5.41, 5.74) is 0.995. The highest BCUT2D eigenvalue weighted by Crippen LogP contribution is 2.22. The molecule has 2 rings (SSSR count). The average molecular weight is 381 g/mol. The summed E-state index contributed by atoms with van der Waals surface area (Å²) in [7, 11) is -3.42. The Kier molecular flexibility index (Phi) is 7.24. The van der Waals surface area contributed by atoms with Gasteiger partial charge in [-0.1, -0.05) is 39.8 Å². The van der Waals surface area contributed by atoms with E-state index in [4.69, 9.17) is 0 Å². The number of hydrogen-bond donors (Lipinski definition) is 0. The molecule has 0 radical (unpaired) electrons. The van der Waals surface area contributed by atoms with Gasteiger partial charge in [0.1, 0.15) is 0 Å². The summed E-state index contributed by atoms with van der Waals surface area (Å²) in [6, 6.07) is 6.95. The Morgan fingerprint density at radius 2 is 1.62 bits per heavy atom. The summed E-state index contributed by atoms with van der Waals surface area (Å²) in [4.78, 5) is 14.8. The largest absolute Gasteiger partial charge is 0.342 e. The predicted molar refractivity (Wildman–Crippen MR) is 104 cm³/mol. The molecule has 1 saturated heterocycles. The minimum atomic E-state index is -3.42. The van der Waals surface area contributed by atoms with Gasteiger partial charge in [-0.2, -0.15) is 4.31 Å². The van der Waals surface area contributed by atoms with Crippen molar-refractivity contribution in [2.24, 2.45) is 11.8 Å². The molecule has 146 valence electrons. The average Bonchev–Trinajstić information content (AvgIpc) is 2.60. The van der Waals surface area contributed by atoms with Crippen molar-refractivity contribution in [2.45, 2.75) is 51.9 Å². The third-order valence-corrected chi connectivity index (χ3v) is 7.18. The van der Waals surface area contributed by atoms with Crippen LogP contribution in [0.5, 0.6) is 0 Å². The highest BCUT2D eigenvalue weighted by Gasteiger charge is 2.25. The van der Waals surface area contributed by atoms with Crippen molar-refractivity contribution in [3.8, 4) is 0 Å². The normalized spacial score (nSPS) is 21.2. The number of benzene rings is 1. The van der Waals surface area contributed by atoms with Crippen molar-refractivity contribution in [1.29, 1.82) is 0 Å². The molecule has 0 bridgehead atoms. The maximum absolute atomic E-state index is 12.5. The van der Waals surface area contributed by atoms with Crippen molar-refractivity contribution in [2.75, 3.05) is 26.2 Å². The zero-order valence-corrected chi connectivity index (χ0v) is 17.3. The van der Waals surface area contributed by atoms with E-state index in [0.29, 0.717) is 42.7 Å². The Balaban J connectivity index is 1.96. The first-order chi connectivity index (χ1) is 12.3. The van der Waals surface area contributed by atoms with Crippen molar-refractivity contribution in [1.82, 2.24) is 9.21 Å². The Morgan fingerprint density at radius 1 is 1.08 bits per heavy atom. The van der Waals surface area contributed by atoms with Crippen LogP contribution >= 0.6 is 0 Å². The van der Waals surface area contributed by atoms with Gasteiger partial charge in [-0.25, -0.2) is 8.42 Å². The van der Waals surface area contributed by atoms with Gasteiger partial charge in [0.05, 0.1) is 4.90 Å². The van der Waals surface area contributed by atoms with E-state index >= 15 is 0 Å². The standard InChI is InChI=1S/C20H32N2O3S/c1-5-22(6-2)26(24,25)19-10-7-18(8-11-19)9-12-20(23)21-14-16(3)13-17(4)15-21/h7-8,10-11,16-17H,5-6,9,12-15H2,1-4H3. The van der Waals surface area contributed by atoms with E-state index < -0.39 is 10.0 Å². The number of piperidine rings is 1. The second kappa shape index (κ2) is 9.00. The molecular formula is C20H32N2O3S. The van der Waals surface area contributed by atoms with Crippen LogP contribution in [0.4, 0.5) is 0 Å². The van der Waals surface area contributed by atoms with Gasteiger partial charge in [0.2, 0.25) is 15.9 Å². The molecule has 0 aromatic heterocycles. The van der Waals surface area contributed by atoms with Gasteiger partial charge in [0.25, 0.3) is 0 Å². The Bertz CT molecular complexity index is 686. The minimum absolute atomic E-state index is 0.197. The molecule has 0 N–H and O–H groups in total. The van der Waals surface area contributed by atoms with Crippen molar-refractivity contribution < 1.29 is 13.2 Å². The second-order valence-corrected chi connectivity index (χ2v) is 9.42. The molecular weight excluding hydrogens is 348 g/mol. The molecule has 1 fully saturated rings. The maximum atomic E-state index is 12.5. The molecule has 1 heterocycles. The van der Waals surface area contributed by atoms with Crippen LogP contribution < -0.4 is 0 Å². The summed E-state index contributed by atoms with van der Waals surface area (Å²) in [5.74, 6) is 1.32. The van der Waals surface area contributed by atoms with Crippen LogP contribution in [0.2, 0.25) is 0 Å². The van der Waals surface area contributed by atoms with E-state index in [1.54, 1.807) is 12.1 Å². The number of carbonyl (C=O) groups excluding carboxylic acids is 1. The van der Waals surface area contributed by atoms with Crippen LogP contribution in [-0.4, -0.2) is 49.7 Å². The van der Waals surface area contributed by atoms with Crippen LogP contribution in [0.15, 0.2) is 29.2 Å². The molecule has 0 aliphatic carbocycles. The fraction of sp³-hybridized carbons (Fsp3) is 0.650. The van der Waals surface area contributed by atoms with E-state index in [2.05, 4.69) is 13.8 Å². The number of sulfonamides is 1. The third kappa shape index (κ3) is 5.07. The zero-order valence-electron chi connectivity index (χ0n) is 16.4. The molecule has 1 amide bonds. The summed E-state index contributed by atoms with van der Waals surface area (Å²) in [6.45, 7) is 10.7. The van der Waals surface area contributed by atoms with Crippen LogP contribution in [-0.2, 0) is 21.2 Å². The second-order valence-electron chi connectivity index (χ2n) is 7.48. The molecule has 5 nitrogen and oxygen atoms in total. The first kappa shape index (κ1) is 20.9. The zero-order chi connectivity index (χ0) is 19.3. The summed E-state index contributed by atoms with van der Waals surface area (Å²) in [5, 5.41) is 0. The number of carbonyl (C=O) groups is 1. The monoisotopic (exact) mass is 380 g/mol. The fourth-order valence-electron chi connectivity index (χ4n) is 3.82. The molecule has 2 unspecified atom stereocenters. The van der Waals surface area contributed by atoms with Gasteiger partial charge in [0, 0.05) is 32.6 Å². The van der Waals surface area contributed by atoms with Gasteiger partial charge in [-0.05, 0) is 42.4 Å². The third-order valence-electron chi connectivity index (χ3n) is 5.12. The molecule has 1 aromatic rings. The summed E-state index contributed by atoms with van der Waals surface area (Å²) >= 11 is 0. The first-order valence-electron chi connectivity index (χ1n) is 9.64. The highest BCUT2D eigenvalue weighted by molar-refractivity contribution is 7.89. The quantitative estimate of drug-likeness (QED) is 0.730. The van der Waals surface area contributed by atoms with Crippen LogP contribution in [0, 0.1) is 11.8 Å². The lowest BCUT2D eigenvalue weighted by molar-refractivity contribution is -0.133. The number of amides is 1. The number of rotatable bonds is 7. The topological polar surface area (TPSA) is 57.7 Å². The van der Waals surface area contributed by atoms with Crippen molar-refractivity contribution >= 4 is 15.9 Å². The molecule has 1 aromatic carbocycles. The van der Waals surface area contributed by atoms with Gasteiger partial charge in [0.15, 0.2) is 0 Å². The SMILES string of the molecule is CCN(CC)S(=O)(=O)c1ccc(CCC(=O)N2CC(C)CC(C)C2)cc1. The molecule has 0 saturated carbocycles. The Morgan fingerprint density at radius 3 is 2.12 bits per heavy atom. The van der Waals surface area contributed by atoms with Gasteiger partial charge < -0.3 is 4.90 Å². The van der Waals surface area contributed by atoms with Gasteiger partial charge >= 0.3 is 0 Å². The van der Waals surface area contributed by atoms with E-state index in [1.807, 2.05) is 30.9 Å². The van der Waals surface area contributed by atoms with E-state index in [0.717, 1.165) is 18.7 Å². The van der Waals surface area contributed by atoms with E-state index in [1.165, 1.54) is 10.7 Å². The summed E-state index contributed by atoms with van der Waals surface area (Å²) < 4.78 is 26.5. The van der Waals surface area contributed by atoms with E-state index in [9.17, 15) is 13.2 Å². The lowest BCUT2D eigenvalue weighted by atomic mass is 9.91. The Labute approximate surface area is 158 Å². The predicted octanol–water partition coefficient (Wildman–Crippen LogP) is 3.15. The number of aryl methyl sites for hydroxylation is 1.